The molecule has 0 amide bonds. The van der Waals surface area contributed by atoms with Crippen molar-refractivity contribution in [2.75, 3.05) is 0 Å². The Morgan fingerprint density at radius 2 is 1.88 bits per heavy atom. The minimum atomic E-state index is -0.564. The molecule has 2 saturated heterocycles. The summed E-state index contributed by atoms with van der Waals surface area (Å²) < 4.78 is 5.76. The highest BCUT2D eigenvalue weighted by Gasteiger charge is 2.43. The highest BCUT2D eigenvalue weighted by molar-refractivity contribution is 5.14. The molecule has 0 aliphatic carbocycles. The molecular weight excluding hydrogens is 202 g/mol. The molecule has 2 unspecified atom stereocenters. The second-order valence-electron chi connectivity index (χ2n) is 5.12. The summed E-state index contributed by atoms with van der Waals surface area (Å²) in [6.07, 6.45) is 8.66. The normalized spacial score (nSPS) is 37.6. The van der Waals surface area contributed by atoms with Crippen molar-refractivity contribution >= 4 is 0 Å². The lowest BCUT2D eigenvalue weighted by Gasteiger charge is -2.36. The van der Waals surface area contributed by atoms with Crippen molar-refractivity contribution in [1.82, 2.24) is 4.98 Å². The van der Waals surface area contributed by atoms with Gasteiger partial charge in [0.25, 0.3) is 0 Å². The van der Waals surface area contributed by atoms with E-state index in [1.807, 2.05) is 12.1 Å². The van der Waals surface area contributed by atoms with Crippen molar-refractivity contribution < 1.29 is 9.84 Å². The van der Waals surface area contributed by atoms with E-state index >= 15 is 0 Å². The molecule has 1 aromatic heterocycles. The van der Waals surface area contributed by atoms with Crippen molar-refractivity contribution in [3.63, 3.8) is 0 Å². The molecule has 0 saturated carbocycles. The maximum atomic E-state index is 10.6. The van der Waals surface area contributed by atoms with Crippen LogP contribution in [0, 0.1) is 0 Å². The third-order valence-electron chi connectivity index (χ3n) is 3.69. The Hall–Kier alpha value is -0.930. The Kier molecular flexibility index (Phi) is 2.45. The summed E-state index contributed by atoms with van der Waals surface area (Å²) in [6, 6.07) is 3.96. The van der Waals surface area contributed by atoms with Gasteiger partial charge in [-0.3, -0.25) is 4.98 Å². The van der Waals surface area contributed by atoms with Gasteiger partial charge in [0, 0.05) is 31.7 Å². The molecule has 0 radical (unpaired) electrons. The van der Waals surface area contributed by atoms with Gasteiger partial charge in [-0.1, -0.05) is 0 Å². The molecule has 1 N–H and O–H groups in total. The average Bonchev–Trinajstić information content (AvgIpc) is 2.59. The fourth-order valence-electron chi connectivity index (χ4n) is 3.04. The van der Waals surface area contributed by atoms with E-state index in [1.165, 1.54) is 5.56 Å². The number of hydrogen-bond acceptors (Lipinski definition) is 3. The maximum absolute atomic E-state index is 10.6. The highest BCUT2D eigenvalue weighted by atomic mass is 16.5. The summed E-state index contributed by atoms with van der Waals surface area (Å²) >= 11 is 0. The van der Waals surface area contributed by atoms with Crippen molar-refractivity contribution in [2.45, 2.75) is 49.9 Å². The first-order chi connectivity index (χ1) is 7.73. The first kappa shape index (κ1) is 10.2. The average molecular weight is 219 g/mol. The number of aliphatic hydroxyl groups is 1. The van der Waals surface area contributed by atoms with Crippen LogP contribution < -0.4 is 0 Å². The van der Waals surface area contributed by atoms with Gasteiger partial charge in [0.1, 0.15) is 0 Å². The molecule has 1 aromatic rings. The predicted molar refractivity (Wildman–Crippen MR) is 60.0 cm³/mol. The summed E-state index contributed by atoms with van der Waals surface area (Å²) in [5.74, 6) is 0. The second kappa shape index (κ2) is 3.82. The fourth-order valence-corrected chi connectivity index (χ4v) is 3.04. The molecule has 3 rings (SSSR count). The summed E-state index contributed by atoms with van der Waals surface area (Å²) in [6.45, 7) is 0. The van der Waals surface area contributed by atoms with Crippen molar-refractivity contribution in [3.8, 4) is 0 Å². The standard InChI is InChI=1S/C13H17NO2/c15-13(7-10-3-5-14-6-4-10)8-11-1-2-12(9-13)16-11/h3-6,11-12,15H,1-2,7-9H2. The van der Waals surface area contributed by atoms with Crippen LogP contribution in [0.25, 0.3) is 0 Å². The van der Waals surface area contributed by atoms with Crippen LogP contribution >= 0.6 is 0 Å². The summed E-state index contributed by atoms with van der Waals surface area (Å²) in [5.41, 5.74) is 0.602. The lowest BCUT2D eigenvalue weighted by Crippen LogP contribution is -2.42. The largest absolute Gasteiger partial charge is 0.389 e. The molecule has 0 spiro atoms. The topological polar surface area (TPSA) is 42.4 Å². The van der Waals surface area contributed by atoms with Gasteiger partial charge in [-0.05, 0) is 30.5 Å². The van der Waals surface area contributed by atoms with Crippen molar-refractivity contribution in [2.24, 2.45) is 0 Å². The van der Waals surface area contributed by atoms with E-state index < -0.39 is 5.60 Å². The number of ether oxygens (including phenoxy) is 1. The second-order valence-corrected chi connectivity index (χ2v) is 5.12. The number of pyridine rings is 1. The van der Waals surface area contributed by atoms with Crippen molar-refractivity contribution in [3.05, 3.63) is 30.1 Å². The first-order valence-corrected chi connectivity index (χ1v) is 6.00. The van der Waals surface area contributed by atoms with E-state index in [1.54, 1.807) is 12.4 Å². The third kappa shape index (κ3) is 1.97. The molecule has 0 aromatic carbocycles. The van der Waals surface area contributed by atoms with Crippen LogP contribution in [0.3, 0.4) is 0 Å². The Morgan fingerprint density at radius 3 is 2.50 bits per heavy atom. The third-order valence-corrected chi connectivity index (χ3v) is 3.69. The summed E-state index contributed by atoms with van der Waals surface area (Å²) in [7, 11) is 0. The molecule has 2 bridgehead atoms. The molecule has 3 heteroatoms. The van der Waals surface area contributed by atoms with Gasteiger partial charge in [-0.2, -0.15) is 0 Å². The van der Waals surface area contributed by atoms with Gasteiger partial charge in [-0.15, -0.1) is 0 Å². The zero-order valence-electron chi connectivity index (χ0n) is 9.30. The number of aromatic nitrogens is 1. The Balaban J connectivity index is 1.74. The Morgan fingerprint density at radius 1 is 1.25 bits per heavy atom. The van der Waals surface area contributed by atoms with Gasteiger partial charge >= 0.3 is 0 Å². The lowest BCUT2D eigenvalue weighted by atomic mass is 9.85. The number of fused-ring (bicyclic) bond motifs is 2. The molecular formula is C13H17NO2. The van der Waals surface area contributed by atoms with E-state index in [9.17, 15) is 5.11 Å². The van der Waals surface area contributed by atoms with Crippen LogP contribution in [-0.2, 0) is 11.2 Å². The maximum Gasteiger partial charge on any atom is 0.0737 e. The van der Waals surface area contributed by atoms with Gasteiger partial charge in [0.15, 0.2) is 0 Å². The molecule has 3 nitrogen and oxygen atoms in total. The molecule has 2 aliphatic rings. The van der Waals surface area contributed by atoms with E-state index in [2.05, 4.69) is 4.98 Å². The van der Waals surface area contributed by atoms with Gasteiger partial charge in [0.05, 0.1) is 17.8 Å². The van der Waals surface area contributed by atoms with Crippen LogP contribution in [0.2, 0.25) is 0 Å². The zero-order chi connectivity index (χ0) is 11.0. The van der Waals surface area contributed by atoms with Crippen LogP contribution in [0.1, 0.15) is 31.2 Å². The minimum absolute atomic E-state index is 0.283. The number of nitrogens with zero attached hydrogens (tertiary/aromatic N) is 1. The zero-order valence-corrected chi connectivity index (χ0v) is 9.30. The number of hydrogen-bond donors (Lipinski definition) is 1. The SMILES string of the molecule is OC1(Cc2ccncc2)CC2CCC(C1)O2. The van der Waals surface area contributed by atoms with Crippen LogP contribution in [0.15, 0.2) is 24.5 Å². The molecule has 2 atom stereocenters. The smallest absolute Gasteiger partial charge is 0.0737 e. The molecule has 3 heterocycles. The van der Waals surface area contributed by atoms with Gasteiger partial charge in [-0.25, -0.2) is 0 Å². The molecule has 2 aliphatic heterocycles. The van der Waals surface area contributed by atoms with Gasteiger partial charge < -0.3 is 9.84 Å². The molecule has 2 fully saturated rings. The van der Waals surface area contributed by atoms with Gasteiger partial charge in [0.2, 0.25) is 0 Å². The number of rotatable bonds is 2. The summed E-state index contributed by atoms with van der Waals surface area (Å²) in [4.78, 5) is 4.00. The van der Waals surface area contributed by atoms with E-state index in [0.29, 0.717) is 0 Å². The fraction of sp³-hybridized carbons (Fsp3) is 0.615. The predicted octanol–water partition coefficient (Wildman–Crippen LogP) is 1.70. The van der Waals surface area contributed by atoms with E-state index in [0.717, 1.165) is 32.1 Å². The van der Waals surface area contributed by atoms with Crippen molar-refractivity contribution in [1.29, 1.82) is 0 Å². The molecule has 16 heavy (non-hydrogen) atoms. The van der Waals surface area contributed by atoms with Crippen LogP contribution in [0.5, 0.6) is 0 Å². The Bertz CT molecular complexity index is 353. The monoisotopic (exact) mass is 219 g/mol. The minimum Gasteiger partial charge on any atom is -0.389 e. The highest BCUT2D eigenvalue weighted by Crippen LogP contribution is 2.39. The lowest BCUT2D eigenvalue weighted by molar-refractivity contribution is -0.110. The van der Waals surface area contributed by atoms with E-state index in [-0.39, 0.29) is 12.2 Å². The quantitative estimate of drug-likeness (QED) is 0.823. The van der Waals surface area contributed by atoms with E-state index in [4.69, 9.17) is 4.74 Å². The Labute approximate surface area is 95.5 Å². The first-order valence-electron chi connectivity index (χ1n) is 6.00. The summed E-state index contributed by atoms with van der Waals surface area (Å²) in [5, 5.41) is 10.6. The molecule has 86 valence electrons. The van der Waals surface area contributed by atoms with Crippen LogP contribution in [0.4, 0.5) is 0 Å². The van der Waals surface area contributed by atoms with Crippen LogP contribution in [-0.4, -0.2) is 27.9 Å².